The van der Waals surface area contributed by atoms with Crippen molar-refractivity contribution in [1.29, 1.82) is 0 Å². The van der Waals surface area contributed by atoms with E-state index < -0.39 is 0 Å². The number of rotatable bonds is 45. The molecule has 0 aromatic rings. The quantitative estimate of drug-likeness (QED) is 0.0343. The molecule has 0 unspecified atom stereocenters. The van der Waals surface area contributed by atoms with Crippen molar-refractivity contribution in [3.63, 3.8) is 0 Å². The van der Waals surface area contributed by atoms with Gasteiger partial charge in [0.25, 0.3) is 0 Å². The third-order valence-electron chi connectivity index (χ3n) is 13.4. The molecular weight excluding hydrogens is 759 g/mol. The first-order valence-corrected chi connectivity index (χ1v) is 27.1. The average molecular weight is 862 g/mol. The number of carbonyl (C=O) groups is 3. The molecule has 1 fully saturated rings. The number of unbranched alkanes of at least 4 members (excludes halogenated alkanes) is 18. The first kappa shape index (κ1) is 57.4. The van der Waals surface area contributed by atoms with E-state index in [1.165, 1.54) is 135 Å². The maximum atomic E-state index is 12.9. The van der Waals surface area contributed by atoms with Gasteiger partial charge in [-0.2, -0.15) is 0 Å². The summed E-state index contributed by atoms with van der Waals surface area (Å²) in [5.41, 5.74) is 0. The van der Waals surface area contributed by atoms with Crippen LogP contribution in [-0.2, 0) is 28.6 Å². The Kier molecular flexibility index (Phi) is 41.0. The van der Waals surface area contributed by atoms with Crippen molar-refractivity contribution in [3.05, 3.63) is 0 Å². The zero-order chi connectivity index (χ0) is 44.3. The van der Waals surface area contributed by atoms with Crippen molar-refractivity contribution in [3.8, 4) is 0 Å². The second-order valence-electron chi connectivity index (χ2n) is 19.2. The second-order valence-corrected chi connectivity index (χ2v) is 19.2. The van der Waals surface area contributed by atoms with Crippen molar-refractivity contribution in [1.82, 2.24) is 4.90 Å². The van der Waals surface area contributed by atoms with Crippen molar-refractivity contribution < 1.29 is 28.6 Å². The van der Waals surface area contributed by atoms with Crippen LogP contribution in [0, 0.1) is 11.8 Å². The van der Waals surface area contributed by atoms with E-state index in [2.05, 4.69) is 32.6 Å². The topological polar surface area (TPSA) is 82.1 Å². The fraction of sp³-hybridized carbons (Fsp3) is 0.944. The Morgan fingerprint density at radius 1 is 0.393 bits per heavy atom. The van der Waals surface area contributed by atoms with Gasteiger partial charge in [-0.1, -0.05) is 188 Å². The summed E-state index contributed by atoms with van der Waals surface area (Å²) >= 11 is 0. The predicted molar refractivity (Wildman–Crippen MR) is 258 cm³/mol. The normalized spacial score (nSPS) is 13.4. The van der Waals surface area contributed by atoms with E-state index in [4.69, 9.17) is 14.2 Å². The molecule has 1 aliphatic rings. The van der Waals surface area contributed by atoms with Gasteiger partial charge in [0.15, 0.2) is 0 Å². The highest BCUT2D eigenvalue weighted by Gasteiger charge is 2.17. The molecule has 61 heavy (non-hydrogen) atoms. The molecule has 0 saturated carbocycles. The lowest BCUT2D eigenvalue weighted by Crippen LogP contribution is -2.31. The van der Waals surface area contributed by atoms with Crippen LogP contribution < -0.4 is 0 Å². The van der Waals surface area contributed by atoms with Gasteiger partial charge < -0.3 is 19.1 Å². The summed E-state index contributed by atoms with van der Waals surface area (Å²) in [7, 11) is 0. The molecule has 0 aromatic carbocycles. The van der Waals surface area contributed by atoms with Gasteiger partial charge in [0.1, 0.15) is 6.10 Å². The third-order valence-corrected chi connectivity index (χ3v) is 13.4. The minimum absolute atomic E-state index is 0.0165. The molecule has 1 heterocycles. The van der Waals surface area contributed by atoms with Crippen LogP contribution in [0.4, 0.5) is 0 Å². The van der Waals surface area contributed by atoms with Gasteiger partial charge in [-0.3, -0.25) is 14.4 Å². The molecule has 0 aliphatic carbocycles. The molecule has 7 nitrogen and oxygen atoms in total. The number of hydrogen-bond acceptors (Lipinski definition) is 7. The Hall–Kier alpha value is -1.63. The van der Waals surface area contributed by atoms with E-state index in [9.17, 15) is 14.4 Å². The van der Waals surface area contributed by atoms with E-state index >= 15 is 0 Å². The minimum atomic E-state index is -0.0220. The number of nitrogens with zero attached hydrogens (tertiary/aromatic N) is 1. The molecule has 0 aromatic heterocycles. The third kappa shape index (κ3) is 37.5. The van der Waals surface area contributed by atoms with Crippen LogP contribution in [0.15, 0.2) is 0 Å². The van der Waals surface area contributed by atoms with Crippen LogP contribution in [-0.4, -0.2) is 61.8 Å². The average Bonchev–Trinajstić information content (AvgIpc) is 3.25. The van der Waals surface area contributed by atoms with Gasteiger partial charge in [0.2, 0.25) is 0 Å². The largest absolute Gasteiger partial charge is 0.466 e. The molecule has 1 rings (SSSR count). The van der Waals surface area contributed by atoms with Crippen LogP contribution in [0.5, 0.6) is 0 Å². The van der Waals surface area contributed by atoms with E-state index in [-0.39, 0.29) is 24.0 Å². The van der Waals surface area contributed by atoms with Crippen molar-refractivity contribution >= 4 is 17.9 Å². The van der Waals surface area contributed by atoms with Crippen LogP contribution in [0.25, 0.3) is 0 Å². The zero-order valence-corrected chi connectivity index (χ0v) is 41.2. The van der Waals surface area contributed by atoms with Crippen LogP contribution in [0.1, 0.15) is 278 Å². The molecule has 0 amide bonds. The Balaban J connectivity index is 2.29. The highest BCUT2D eigenvalue weighted by Crippen LogP contribution is 2.23. The lowest BCUT2D eigenvalue weighted by Gasteiger charge is -2.26. The Morgan fingerprint density at radius 3 is 1.16 bits per heavy atom. The second kappa shape index (κ2) is 43.6. The Bertz CT molecular complexity index is 905. The molecule has 7 heteroatoms. The molecule has 0 atom stereocenters. The standard InChI is InChI=1S/C54H103NO6/c1-5-9-22-33-49(34-23-10-6-2)42-47-59-52(56)39-28-19-15-13-17-26-37-51(61-54(58)41-32-46-55-44-30-21-31-45-55)38-27-18-14-16-20-29-40-53(57)60-48-43-50(35-24-11-7-3)36-25-12-8-4/h49-51H,5-48H2,1-4H3. The number of hydrogen-bond donors (Lipinski definition) is 0. The van der Waals surface area contributed by atoms with Gasteiger partial charge in [0, 0.05) is 19.3 Å². The summed E-state index contributed by atoms with van der Waals surface area (Å²) in [5.74, 6) is 1.34. The van der Waals surface area contributed by atoms with E-state index in [0.29, 0.717) is 44.3 Å². The molecule has 0 radical (unpaired) electrons. The van der Waals surface area contributed by atoms with Crippen molar-refractivity contribution in [2.45, 2.75) is 284 Å². The predicted octanol–water partition coefficient (Wildman–Crippen LogP) is 15.8. The van der Waals surface area contributed by atoms with Crippen LogP contribution in [0.3, 0.4) is 0 Å². The summed E-state index contributed by atoms with van der Waals surface area (Å²) in [4.78, 5) is 40.2. The Labute approximate surface area is 379 Å². The lowest BCUT2D eigenvalue weighted by molar-refractivity contribution is -0.150. The number of piperidine rings is 1. The summed E-state index contributed by atoms with van der Waals surface area (Å²) < 4.78 is 17.4. The number of carbonyl (C=O) groups excluding carboxylic acids is 3. The summed E-state index contributed by atoms with van der Waals surface area (Å²) in [6.45, 7) is 13.6. The molecule has 1 aliphatic heterocycles. The summed E-state index contributed by atoms with van der Waals surface area (Å²) in [5, 5.41) is 0. The number of esters is 3. The number of likely N-dealkylation sites (tertiary alicyclic amines) is 1. The first-order chi connectivity index (χ1) is 29.9. The molecule has 0 spiro atoms. The van der Waals surface area contributed by atoms with E-state index in [1.807, 2.05) is 0 Å². The fourth-order valence-corrected chi connectivity index (χ4v) is 9.26. The molecule has 360 valence electrons. The van der Waals surface area contributed by atoms with E-state index in [1.54, 1.807) is 0 Å². The summed E-state index contributed by atoms with van der Waals surface area (Å²) in [6.07, 6.45) is 43.9. The van der Waals surface area contributed by atoms with Crippen molar-refractivity contribution in [2.75, 3.05) is 32.8 Å². The van der Waals surface area contributed by atoms with Gasteiger partial charge in [-0.05, 0) is 102 Å². The maximum absolute atomic E-state index is 12.9. The monoisotopic (exact) mass is 862 g/mol. The molecule has 1 saturated heterocycles. The molecule has 0 bridgehead atoms. The summed E-state index contributed by atoms with van der Waals surface area (Å²) in [6, 6.07) is 0. The fourth-order valence-electron chi connectivity index (χ4n) is 9.26. The van der Waals surface area contributed by atoms with Crippen molar-refractivity contribution in [2.24, 2.45) is 11.8 Å². The molecular formula is C54H103NO6. The van der Waals surface area contributed by atoms with Gasteiger partial charge >= 0.3 is 17.9 Å². The van der Waals surface area contributed by atoms with Gasteiger partial charge in [0.05, 0.1) is 13.2 Å². The minimum Gasteiger partial charge on any atom is -0.466 e. The lowest BCUT2D eigenvalue weighted by atomic mass is 9.92. The van der Waals surface area contributed by atoms with Gasteiger partial charge in [-0.15, -0.1) is 0 Å². The van der Waals surface area contributed by atoms with E-state index in [0.717, 1.165) is 116 Å². The first-order valence-electron chi connectivity index (χ1n) is 27.1. The zero-order valence-electron chi connectivity index (χ0n) is 41.2. The highest BCUT2D eigenvalue weighted by molar-refractivity contribution is 5.70. The van der Waals surface area contributed by atoms with Crippen LogP contribution in [0.2, 0.25) is 0 Å². The Morgan fingerprint density at radius 2 is 0.754 bits per heavy atom. The smallest absolute Gasteiger partial charge is 0.306 e. The van der Waals surface area contributed by atoms with Crippen LogP contribution >= 0.6 is 0 Å². The van der Waals surface area contributed by atoms with Gasteiger partial charge in [-0.25, -0.2) is 0 Å². The SMILES string of the molecule is CCCCCC(CCCCC)CCOC(=O)CCCCCCCCC(CCCCCCCCC(=O)OCCC(CCCCC)CCCCC)OC(=O)CCCN1CCCCC1. The highest BCUT2D eigenvalue weighted by atomic mass is 16.5. The molecule has 0 N–H and O–H groups in total. The number of ether oxygens (including phenoxy) is 3. The maximum Gasteiger partial charge on any atom is 0.306 e.